The van der Waals surface area contributed by atoms with Crippen LogP contribution in [-0.4, -0.2) is 0 Å². The first-order valence-electron chi connectivity index (χ1n) is 5.75. The highest BCUT2D eigenvalue weighted by atomic mass is 14.9. The zero-order valence-corrected chi connectivity index (χ0v) is 9.61. The van der Waals surface area contributed by atoms with Crippen molar-refractivity contribution in [3.8, 4) is 0 Å². The van der Waals surface area contributed by atoms with E-state index in [1.54, 1.807) is 0 Å². The van der Waals surface area contributed by atoms with Gasteiger partial charge >= 0.3 is 0 Å². The summed E-state index contributed by atoms with van der Waals surface area (Å²) in [5, 5.41) is 3.44. The van der Waals surface area contributed by atoms with Crippen molar-refractivity contribution in [1.29, 1.82) is 0 Å². The van der Waals surface area contributed by atoms with Crippen molar-refractivity contribution in [1.82, 2.24) is 0 Å². The van der Waals surface area contributed by atoms with Gasteiger partial charge in [0, 0.05) is 12.2 Å². The number of aryl methyl sites for hydroxylation is 1. The molecule has 0 unspecified atom stereocenters. The third-order valence-electron chi connectivity index (χ3n) is 2.67. The number of benzene rings is 2. The van der Waals surface area contributed by atoms with E-state index >= 15 is 0 Å². The molecule has 2 rings (SSSR count). The van der Waals surface area contributed by atoms with Crippen molar-refractivity contribution >= 4 is 5.69 Å². The minimum absolute atomic E-state index is 0.883. The van der Waals surface area contributed by atoms with Crippen LogP contribution in [0.2, 0.25) is 0 Å². The van der Waals surface area contributed by atoms with Gasteiger partial charge in [-0.25, -0.2) is 0 Å². The van der Waals surface area contributed by atoms with Crippen molar-refractivity contribution < 1.29 is 0 Å². The van der Waals surface area contributed by atoms with E-state index in [4.69, 9.17) is 0 Å². The lowest BCUT2D eigenvalue weighted by Gasteiger charge is -2.07. The fourth-order valence-electron chi connectivity index (χ4n) is 1.70. The molecule has 16 heavy (non-hydrogen) atoms. The van der Waals surface area contributed by atoms with Crippen molar-refractivity contribution in [2.75, 3.05) is 5.32 Å². The fraction of sp³-hybridized carbons (Fsp3) is 0.200. The summed E-state index contributed by atoms with van der Waals surface area (Å²) >= 11 is 0. The van der Waals surface area contributed by atoms with Crippen molar-refractivity contribution in [3.63, 3.8) is 0 Å². The summed E-state index contributed by atoms with van der Waals surface area (Å²) in [6, 6.07) is 19.0. The van der Waals surface area contributed by atoms with Crippen LogP contribution in [0.4, 0.5) is 5.69 Å². The lowest BCUT2D eigenvalue weighted by atomic mass is 10.1. The highest BCUT2D eigenvalue weighted by Crippen LogP contribution is 2.12. The van der Waals surface area contributed by atoms with Crippen LogP contribution in [0.5, 0.6) is 0 Å². The van der Waals surface area contributed by atoms with Crippen molar-refractivity contribution in [2.24, 2.45) is 0 Å². The second-order valence-corrected chi connectivity index (χ2v) is 3.89. The summed E-state index contributed by atoms with van der Waals surface area (Å²) < 4.78 is 0. The molecule has 0 aliphatic heterocycles. The van der Waals surface area contributed by atoms with E-state index in [0.717, 1.165) is 13.0 Å². The van der Waals surface area contributed by atoms with Gasteiger partial charge in [0.15, 0.2) is 0 Å². The van der Waals surface area contributed by atoms with Gasteiger partial charge in [-0.05, 0) is 29.7 Å². The Morgan fingerprint density at radius 3 is 2.38 bits per heavy atom. The lowest BCUT2D eigenvalue weighted by Crippen LogP contribution is -1.99. The second kappa shape index (κ2) is 5.36. The summed E-state index contributed by atoms with van der Waals surface area (Å²) in [5.74, 6) is 0. The summed E-state index contributed by atoms with van der Waals surface area (Å²) in [6.07, 6.45) is 1.08. The Balaban J connectivity index is 1.99. The van der Waals surface area contributed by atoms with Gasteiger partial charge in [-0.3, -0.25) is 0 Å². The van der Waals surface area contributed by atoms with E-state index in [2.05, 4.69) is 60.8 Å². The maximum Gasteiger partial charge on any atom is 0.0400 e. The summed E-state index contributed by atoms with van der Waals surface area (Å²) in [5.41, 5.74) is 3.88. The molecule has 0 radical (unpaired) electrons. The van der Waals surface area contributed by atoms with E-state index in [9.17, 15) is 0 Å². The Bertz CT molecular complexity index is 434. The summed E-state index contributed by atoms with van der Waals surface area (Å²) in [7, 11) is 0. The lowest BCUT2D eigenvalue weighted by molar-refractivity contribution is 1.12. The first kappa shape index (κ1) is 10.7. The average molecular weight is 211 g/mol. The zero-order chi connectivity index (χ0) is 11.2. The van der Waals surface area contributed by atoms with Gasteiger partial charge < -0.3 is 5.32 Å². The molecule has 1 heteroatoms. The highest BCUT2D eigenvalue weighted by molar-refractivity contribution is 5.46. The average Bonchev–Trinajstić information content (AvgIpc) is 2.38. The maximum absolute atomic E-state index is 3.44. The molecule has 0 saturated carbocycles. The fourth-order valence-corrected chi connectivity index (χ4v) is 1.70. The van der Waals surface area contributed by atoms with Gasteiger partial charge in [-0.15, -0.1) is 0 Å². The SMILES string of the molecule is CCc1cccc(NCc2ccccc2)c1. The Kier molecular flexibility index (Phi) is 3.60. The smallest absolute Gasteiger partial charge is 0.0400 e. The standard InChI is InChI=1S/C15H17N/c1-2-13-9-6-10-15(11-13)16-12-14-7-4-3-5-8-14/h3-11,16H,2,12H2,1H3. The van der Waals surface area contributed by atoms with Crippen LogP contribution in [-0.2, 0) is 13.0 Å². The number of rotatable bonds is 4. The summed E-state index contributed by atoms with van der Waals surface area (Å²) in [4.78, 5) is 0. The Morgan fingerprint density at radius 1 is 0.875 bits per heavy atom. The van der Waals surface area contributed by atoms with E-state index in [-0.39, 0.29) is 0 Å². The van der Waals surface area contributed by atoms with Crippen LogP contribution < -0.4 is 5.32 Å². The molecule has 82 valence electrons. The topological polar surface area (TPSA) is 12.0 Å². The van der Waals surface area contributed by atoms with Crippen LogP contribution >= 0.6 is 0 Å². The molecule has 0 saturated heterocycles. The number of hydrogen-bond acceptors (Lipinski definition) is 1. The maximum atomic E-state index is 3.44. The van der Waals surface area contributed by atoms with Gasteiger partial charge in [-0.2, -0.15) is 0 Å². The second-order valence-electron chi connectivity index (χ2n) is 3.89. The molecule has 2 aromatic rings. The number of nitrogens with one attached hydrogen (secondary N) is 1. The van der Waals surface area contributed by atoms with E-state index in [1.165, 1.54) is 16.8 Å². The highest BCUT2D eigenvalue weighted by Gasteiger charge is 1.94. The normalized spacial score (nSPS) is 10.1. The van der Waals surface area contributed by atoms with Gasteiger partial charge in [-0.1, -0.05) is 49.4 Å². The molecule has 0 spiro atoms. The van der Waals surface area contributed by atoms with E-state index < -0.39 is 0 Å². The molecule has 0 fully saturated rings. The Hall–Kier alpha value is -1.76. The van der Waals surface area contributed by atoms with Gasteiger partial charge in [0.25, 0.3) is 0 Å². The predicted molar refractivity (Wildman–Crippen MR) is 69.6 cm³/mol. The van der Waals surface area contributed by atoms with Crippen LogP contribution in [0.3, 0.4) is 0 Å². The number of hydrogen-bond donors (Lipinski definition) is 1. The molecular weight excluding hydrogens is 194 g/mol. The molecule has 2 aromatic carbocycles. The Labute approximate surface area is 97.1 Å². The molecule has 1 nitrogen and oxygen atoms in total. The molecule has 0 bridgehead atoms. The van der Waals surface area contributed by atoms with Crippen LogP contribution in [0, 0.1) is 0 Å². The zero-order valence-electron chi connectivity index (χ0n) is 9.61. The van der Waals surface area contributed by atoms with Gasteiger partial charge in [0.1, 0.15) is 0 Å². The third kappa shape index (κ3) is 2.86. The van der Waals surface area contributed by atoms with Gasteiger partial charge in [0.2, 0.25) is 0 Å². The summed E-state index contributed by atoms with van der Waals surface area (Å²) in [6.45, 7) is 3.06. The predicted octanol–water partition coefficient (Wildman–Crippen LogP) is 3.86. The monoisotopic (exact) mass is 211 g/mol. The minimum atomic E-state index is 0.883. The molecule has 1 N–H and O–H groups in total. The van der Waals surface area contributed by atoms with Crippen LogP contribution in [0.1, 0.15) is 18.1 Å². The molecular formula is C15H17N. The van der Waals surface area contributed by atoms with Crippen molar-refractivity contribution in [3.05, 3.63) is 65.7 Å². The van der Waals surface area contributed by atoms with Crippen LogP contribution in [0.15, 0.2) is 54.6 Å². The van der Waals surface area contributed by atoms with Crippen LogP contribution in [0.25, 0.3) is 0 Å². The molecule has 0 aliphatic carbocycles. The third-order valence-corrected chi connectivity index (χ3v) is 2.67. The molecule has 0 atom stereocenters. The molecule has 0 amide bonds. The largest absolute Gasteiger partial charge is 0.381 e. The van der Waals surface area contributed by atoms with E-state index in [1.807, 2.05) is 6.07 Å². The molecule has 0 aromatic heterocycles. The first-order chi connectivity index (χ1) is 7.88. The van der Waals surface area contributed by atoms with Gasteiger partial charge in [0.05, 0.1) is 0 Å². The first-order valence-corrected chi connectivity index (χ1v) is 5.75. The van der Waals surface area contributed by atoms with Crippen molar-refractivity contribution in [2.45, 2.75) is 19.9 Å². The quantitative estimate of drug-likeness (QED) is 0.809. The Morgan fingerprint density at radius 2 is 1.62 bits per heavy atom. The minimum Gasteiger partial charge on any atom is -0.381 e. The molecule has 0 aliphatic rings. The molecule has 0 heterocycles. The van der Waals surface area contributed by atoms with E-state index in [0.29, 0.717) is 0 Å². The number of anilines is 1.